The van der Waals surface area contributed by atoms with Gasteiger partial charge in [0, 0.05) is 11.6 Å². The van der Waals surface area contributed by atoms with Crippen molar-refractivity contribution in [1.82, 2.24) is 10.2 Å². The van der Waals surface area contributed by atoms with Crippen LogP contribution in [0.3, 0.4) is 0 Å². The predicted molar refractivity (Wildman–Crippen MR) is 158 cm³/mol. The Kier molecular flexibility index (Phi) is 15.5. The number of aryl methyl sites for hydroxylation is 1. The summed E-state index contributed by atoms with van der Waals surface area (Å²) < 4.78 is 0. The minimum atomic E-state index is -0.0646. The molecule has 1 aliphatic rings. The van der Waals surface area contributed by atoms with Gasteiger partial charge in [-0.2, -0.15) is 0 Å². The van der Waals surface area contributed by atoms with E-state index in [0.29, 0.717) is 6.04 Å². The van der Waals surface area contributed by atoms with E-state index < -0.39 is 0 Å². The smallest absolute Gasteiger partial charge is 0.160 e. The van der Waals surface area contributed by atoms with Crippen molar-refractivity contribution < 1.29 is 20.4 Å². The largest absolute Gasteiger partial charge is 0.504 e. The van der Waals surface area contributed by atoms with Gasteiger partial charge >= 0.3 is 0 Å². The zero-order chi connectivity index (χ0) is 24.3. The number of phenolic OH excluding ortho intramolecular Hbond substituents is 4. The second-order valence-electron chi connectivity index (χ2n) is 9.59. The summed E-state index contributed by atoms with van der Waals surface area (Å²) >= 11 is 0. The molecule has 0 aromatic heterocycles. The number of halogens is 2. The van der Waals surface area contributed by atoms with Crippen LogP contribution in [-0.4, -0.2) is 57.5 Å². The summed E-state index contributed by atoms with van der Waals surface area (Å²) in [5.41, 5.74) is 3.16. The van der Waals surface area contributed by atoms with E-state index in [0.717, 1.165) is 75.8 Å². The van der Waals surface area contributed by atoms with Crippen molar-refractivity contribution in [2.45, 2.75) is 77.2 Å². The lowest BCUT2D eigenvalue weighted by Crippen LogP contribution is -2.40. The molecule has 0 radical (unpaired) electrons. The van der Waals surface area contributed by atoms with E-state index in [-0.39, 0.29) is 57.0 Å². The second kappa shape index (κ2) is 17.1. The highest BCUT2D eigenvalue weighted by atomic mass is 79.9. The number of unbranched alkanes of at least 4 members (excludes halogenated alkanes) is 3. The molecule has 36 heavy (non-hydrogen) atoms. The normalized spacial score (nSPS) is 14.7. The van der Waals surface area contributed by atoms with Gasteiger partial charge in [-0.25, -0.2) is 0 Å². The number of nitrogens with zero attached hydrogens (tertiary/aromatic N) is 1. The summed E-state index contributed by atoms with van der Waals surface area (Å²) in [6.45, 7) is 6.48. The molecule has 0 heterocycles. The first-order valence-corrected chi connectivity index (χ1v) is 13.0. The lowest BCUT2D eigenvalue weighted by Gasteiger charge is -2.35. The molecule has 3 rings (SSSR count). The van der Waals surface area contributed by atoms with Gasteiger partial charge in [0.2, 0.25) is 0 Å². The van der Waals surface area contributed by atoms with Crippen LogP contribution in [0.5, 0.6) is 23.0 Å². The van der Waals surface area contributed by atoms with Gasteiger partial charge in [0.25, 0.3) is 0 Å². The molecule has 5 N–H and O–H groups in total. The number of benzene rings is 2. The van der Waals surface area contributed by atoms with E-state index in [4.69, 9.17) is 0 Å². The predicted octanol–water partition coefficient (Wildman–Crippen LogP) is 6.02. The maximum atomic E-state index is 10.1. The van der Waals surface area contributed by atoms with Crippen LogP contribution in [0.4, 0.5) is 0 Å². The van der Waals surface area contributed by atoms with Crippen molar-refractivity contribution in [1.29, 1.82) is 0 Å². The SMILES string of the molecule is Br.Br.CCCN(CCCCCCNCCCc1ccc(O)c(O)c1)[C@H]1CCc2c(ccc(O)c2O)C1. The quantitative estimate of drug-likeness (QED) is 0.129. The molecule has 0 spiro atoms. The zero-order valence-corrected chi connectivity index (χ0v) is 24.8. The number of hydrogen-bond donors (Lipinski definition) is 5. The summed E-state index contributed by atoms with van der Waals surface area (Å²) in [6.07, 6.45) is 10.8. The molecule has 0 saturated heterocycles. The highest BCUT2D eigenvalue weighted by molar-refractivity contribution is 8.93. The van der Waals surface area contributed by atoms with Crippen LogP contribution in [0.1, 0.15) is 68.6 Å². The lowest BCUT2D eigenvalue weighted by molar-refractivity contribution is 0.175. The molecule has 0 bridgehead atoms. The van der Waals surface area contributed by atoms with Crippen molar-refractivity contribution in [3.05, 3.63) is 47.0 Å². The number of fused-ring (bicyclic) bond motifs is 1. The van der Waals surface area contributed by atoms with Gasteiger partial charge in [-0.05, 0) is 107 Å². The van der Waals surface area contributed by atoms with Gasteiger partial charge in [-0.1, -0.05) is 31.9 Å². The van der Waals surface area contributed by atoms with Crippen LogP contribution >= 0.6 is 34.0 Å². The molecular formula is C28H44Br2N2O4. The summed E-state index contributed by atoms with van der Waals surface area (Å²) in [4.78, 5) is 2.63. The van der Waals surface area contributed by atoms with Crippen molar-refractivity contribution in [2.24, 2.45) is 0 Å². The van der Waals surface area contributed by atoms with Crippen molar-refractivity contribution >= 4 is 34.0 Å². The average molecular weight is 632 g/mol. The lowest BCUT2D eigenvalue weighted by atomic mass is 9.86. The van der Waals surface area contributed by atoms with Gasteiger partial charge in [-0.3, -0.25) is 0 Å². The Balaban J connectivity index is 0.00000324. The van der Waals surface area contributed by atoms with Crippen LogP contribution in [0.25, 0.3) is 0 Å². The molecule has 0 amide bonds. The Morgan fingerprint density at radius 2 is 1.56 bits per heavy atom. The monoisotopic (exact) mass is 630 g/mol. The van der Waals surface area contributed by atoms with Crippen LogP contribution in [0.15, 0.2) is 30.3 Å². The Labute approximate surface area is 237 Å². The molecular weight excluding hydrogens is 588 g/mol. The Morgan fingerprint density at radius 1 is 0.833 bits per heavy atom. The number of rotatable bonds is 14. The second-order valence-corrected chi connectivity index (χ2v) is 9.59. The Hall–Kier alpha value is -1.48. The van der Waals surface area contributed by atoms with Crippen LogP contribution in [0, 0.1) is 0 Å². The van der Waals surface area contributed by atoms with E-state index in [1.165, 1.54) is 31.2 Å². The molecule has 204 valence electrons. The molecule has 8 heteroatoms. The number of hydrogen-bond acceptors (Lipinski definition) is 6. The summed E-state index contributed by atoms with van der Waals surface area (Å²) in [7, 11) is 0. The zero-order valence-electron chi connectivity index (χ0n) is 21.4. The highest BCUT2D eigenvalue weighted by Crippen LogP contribution is 2.36. The molecule has 6 nitrogen and oxygen atoms in total. The van der Waals surface area contributed by atoms with E-state index in [2.05, 4.69) is 17.1 Å². The van der Waals surface area contributed by atoms with E-state index >= 15 is 0 Å². The molecule has 1 aliphatic carbocycles. The van der Waals surface area contributed by atoms with E-state index in [1.807, 2.05) is 12.1 Å². The van der Waals surface area contributed by atoms with Crippen LogP contribution in [-0.2, 0) is 19.3 Å². The number of aromatic hydroxyl groups is 4. The van der Waals surface area contributed by atoms with E-state index in [1.54, 1.807) is 18.2 Å². The standard InChI is InChI=1S/C28H42N2O4.2BrH/c1-2-17-30(23-11-12-24-22(20-23)10-14-26(32)28(24)34)18-6-4-3-5-15-29-16-7-8-21-9-13-25(31)27(33)19-21;;/h9-10,13-14,19,23,29,31-34H,2-8,11-12,15-18,20H2,1H3;2*1H/t23-;;/m0../s1. The fourth-order valence-electron chi connectivity index (χ4n) is 5.06. The third-order valence-electron chi connectivity index (χ3n) is 6.98. The highest BCUT2D eigenvalue weighted by Gasteiger charge is 2.26. The van der Waals surface area contributed by atoms with Gasteiger partial charge < -0.3 is 30.6 Å². The van der Waals surface area contributed by atoms with Crippen molar-refractivity contribution in [3.8, 4) is 23.0 Å². The van der Waals surface area contributed by atoms with Crippen LogP contribution < -0.4 is 5.32 Å². The molecule has 0 saturated carbocycles. The minimum absolute atomic E-state index is 0. The fourth-order valence-corrected chi connectivity index (χ4v) is 5.06. The summed E-state index contributed by atoms with van der Waals surface area (Å²) in [5.74, 6) is -0.0398. The first-order chi connectivity index (χ1) is 16.5. The number of phenols is 4. The number of nitrogens with one attached hydrogen (secondary N) is 1. The van der Waals surface area contributed by atoms with Gasteiger partial charge in [0.15, 0.2) is 23.0 Å². The molecule has 1 atom stereocenters. The van der Waals surface area contributed by atoms with Gasteiger partial charge in [0.1, 0.15) is 0 Å². The van der Waals surface area contributed by atoms with Crippen molar-refractivity contribution in [3.63, 3.8) is 0 Å². The molecule has 0 aliphatic heterocycles. The summed E-state index contributed by atoms with van der Waals surface area (Å²) in [5, 5.41) is 42.3. The van der Waals surface area contributed by atoms with E-state index in [9.17, 15) is 20.4 Å². The topological polar surface area (TPSA) is 96.2 Å². The molecule has 2 aromatic carbocycles. The first kappa shape index (κ1) is 32.5. The van der Waals surface area contributed by atoms with Crippen LogP contribution in [0.2, 0.25) is 0 Å². The van der Waals surface area contributed by atoms with Crippen molar-refractivity contribution in [2.75, 3.05) is 26.2 Å². The third-order valence-corrected chi connectivity index (χ3v) is 6.98. The maximum absolute atomic E-state index is 10.1. The minimum Gasteiger partial charge on any atom is -0.504 e. The van der Waals surface area contributed by atoms with Gasteiger partial charge in [-0.15, -0.1) is 34.0 Å². The maximum Gasteiger partial charge on any atom is 0.160 e. The average Bonchev–Trinajstić information content (AvgIpc) is 2.84. The molecule has 2 aromatic rings. The fraction of sp³-hybridized carbons (Fsp3) is 0.571. The Bertz CT molecular complexity index is 913. The Morgan fingerprint density at radius 3 is 2.31 bits per heavy atom. The first-order valence-electron chi connectivity index (χ1n) is 13.0. The summed E-state index contributed by atoms with van der Waals surface area (Å²) in [6, 6.07) is 9.16. The molecule has 0 fully saturated rings. The van der Waals surface area contributed by atoms with Gasteiger partial charge in [0.05, 0.1) is 0 Å². The third kappa shape index (κ3) is 9.77. The molecule has 0 unspecified atom stereocenters.